The molecule has 1 aromatic carbocycles. The van der Waals surface area contributed by atoms with E-state index >= 15 is 0 Å². The first-order valence-electron chi connectivity index (χ1n) is 7.51. The van der Waals surface area contributed by atoms with Crippen molar-refractivity contribution < 1.29 is 14.4 Å². The van der Waals surface area contributed by atoms with Crippen molar-refractivity contribution in [3.63, 3.8) is 0 Å². The van der Waals surface area contributed by atoms with E-state index in [1.54, 1.807) is 14.0 Å². The highest BCUT2D eigenvalue weighted by molar-refractivity contribution is 6.09. The van der Waals surface area contributed by atoms with Gasteiger partial charge in [0.15, 0.2) is 0 Å². The number of hydrogen-bond acceptors (Lipinski definition) is 4. The van der Waals surface area contributed by atoms with Crippen LogP contribution in [-0.2, 0) is 15.1 Å². The number of nitrogens with zero attached hydrogens (tertiary/aromatic N) is 1. The second-order valence-electron chi connectivity index (χ2n) is 5.77. The zero-order chi connectivity index (χ0) is 17.0. The van der Waals surface area contributed by atoms with Crippen LogP contribution in [0.15, 0.2) is 24.3 Å². The number of carbonyl (C=O) groups excluding carboxylic acids is 3. The molecule has 1 saturated heterocycles. The van der Waals surface area contributed by atoms with Crippen molar-refractivity contribution in [3.8, 4) is 0 Å². The first-order chi connectivity index (χ1) is 10.9. The molecule has 23 heavy (non-hydrogen) atoms. The van der Waals surface area contributed by atoms with Crippen molar-refractivity contribution in [2.45, 2.75) is 19.4 Å². The van der Waals surface area contributed by atoms with E-state index in [-0.39, 0.29) is 12.5 Å². The molecule has 1 aromatic rings. The van der Waals surface area contributed by atoms with Gasteiger partial charge in [-0.25, -0.2) is 4.79 Å². The molecule has 0 aliphatic carbocycles. The van der Waals surface area contributed by atoms with Gasteiger partial charge < -0.3 is 16.0 Å². The SMILES string of the molecule is CNCCNC(=O)CN1C(=O)NC(C)(c2ccc(C)cc2)C1=O. The highest BCUT2D eigenvalue weighted by Gasteiger charge is 2.49. The second kappa shape index (κ2) is 6.78. The molecule has 1 unspecified atom stereocenters. The smallest absolute Gasteiger partial charge is 0.325 e. The monoisotopic (exact) mass is 318 g/mol. The highest BCUT2D eigenvalue weighted by atomic mass is 16.2. The van der Waals surface area contributed by atoms with E-state index in [1.165, 1.54) is 0 Å². The molecule has 7 nitrogen and oxygen atoms in total. The molecule has 0 aromatic heterocycles. The maximum absolute atomic E-state index is 12.6. The van der Waals surface area contributed by atoms with Crippen molar-refractivity contribution in [2.75, 3.05) is 26.7 Å². The number of hydrogen-bond donors (Lipinski definition) is 3. The maximum Gasteiger partial charge on any atom is 0.325 e. The summed E-state index contributed by atoms with van der Waals surface area (Å²) in [4.78, 5) is 37.5. The van der Waals surface area contributed by atoms with Gasteiger partial charge in [0.1, 0.15) is 12.1 Å². The van der Waals surface area contributed by atoms with Gasteiger partial charge in [-0.05, 0) is 26.5 Å². The summed E-state index contributed by atoms with van der Waals surface area (Å²) in [5, 5.41) is 8.23. The molecule has 1 fully saturated rings. The van der Waals surface area contributed by atoms with Crippen LogP contribution in [0.5, 0.6) is 0 Å². The van der Waals surface area contributed by atoms with Crippen LogP contribution in [0.3, 0.4) is 0 Å². The van der Waals surface area contributed by atoms with Crippen LogP contribution in [0, 0.1) is 6.92 Å². The lowest BCUT2D eigenvalue weighted by atomic mass is 9.91. The fourth-order valence-corrected chi connectivity index (χ4v) is 2.45. The van der Waals surface area contributed by atoms with Crippen LogP contribution in [0.2, 0.25) is 0 Å². The Labute approximate surface area is 135 Å². The lowest BCUT2D eigenvalue weighted by Gasteiger charge is -2.22. The summed E-state index contributed by atoms with van der Waals surface area (Å²) >= 11 is 0. The van der Waals surface area contributed by atoms with E-state index in [1.807, 2.05) is 31.2 Å². The Morgan fingerprint density at radius 3 is 2.48 bits per heavy atom. The minimum Gasteiger partial charge on any atom is -0.353 e. The summed E-state index contributed by atoms with van der Waals surface area (Å²) in [6, 6.07) is 6.83. The fourth-order valence-electron chi connectivity index (χ4n) is 2.45. The largest absolute Gasteiger partial charge is 0.353 e. The number of nitrogens with one attached hydrogen (secondary N) is 3. The molecule has 1 heterocycles. The molecule has 0 radical (unpaired) electrons. The van der Waals surface area contributed by atoms with Gasteiger partial charge in [-0.3, -0.25) is 14.5 Å². The van der Waals surface area contributed by atoms with Gasteiger partial charge in [-0.2, -0.15) is 0 Å². The lowest BCUT2D eigenvalue weighted by molar-refractivity contribution is -0.134. The zero-order valence-corrected chi connectivity index (χ0v) is 13.6. The summed E-state index contributed by atoms with van der Waals surface area (Å²) in [7, 11) is 1.77. The van der Waals surface area contributed by atoms with Gasteiger partial charge in [0.25, 0.3) is 5.91 Å². The van der Waals surface area contributed by atoms with Gasteiger partial charge in [0.05, 0.1) is 0 Å². The molecule has 0 spiro atoms. The average molecular weight is 318 g/mol. The van der Waals surface area contributed by atoms with Crippen molar-refractivity contribution in [1.82, 2.24) is 20.9 Å². The fraction of sp³-hybridized carbons (Fsp3) is 0.438. The first kappa shape index (κ1) is 17.0. The number of imide groups is 1. The van der Waals surface area contributed by atoms with E-state index in [0.717, 1.165) is 10.5 Å². The first-order valence-corrected chi connectivity index (χ1v) is 7.51. The predicted octanol–water partition coefficient (Wildman–Crippen LogP) is 0.0976. The molecule has 2 rings (SSSR count). The van der Waals surface area contributed by atoms with Crippen LogP contribution in [-0.4, -0.2) is 49.4 Å². The van der Waals surface area contributed by atoms with E-state index in [9.17, 15) is 14.4 Å². The predicted molar refractivity (Wildman–Crippen MR) is 85.7 cm³/mol. The van der Waals surface area contributed by atoms with E-state index < -0.39 is 17.5 Å². The molecule has 0 bridgehead atoms. The lowest BCUT2D eigenvalue weighted by Crippen LogP contribution is -2.44. The van der Waals surface area contributed by atoms with Crippen LogP contribution in [0.4, 0.5) is 4.79 Å². The Morgan fingerprint density at radius 1 is 1.22 bits per heavy atom. The van der Waals surface area contributed by atoms with Gasteiger partial charge in [-0.1, -0.05) is 29.8 Å². The Hall–Kier alpha value is -2.41. The normalized spacial score (nSPS) is 20.6. The molecule has 7 heteroatoms. The average Bonchev–Trinajstić information content (AvgIpc) is 2.72. The molecule has 4 amide bonds. The van der Waals surface area contributed by atoms with Gasteiger partial charge in [0, 0.05) is 13.1 Å². The molecular weight excluding hydrogens is 296 g/mol. The molecular formula is C16H22N4O3. The standard InChI is InChI=1S/C16H22N4O3/c1-11-4-6-12(7-5-11)16(2)14(22)20(15(23)19-16)10-13(21)18-9-8-17-3/h4-7,17H,8-10H2,1-3H3,(H,18,21)(H,19,23). The number of benzene rings is 1. The summed E-state index contributed by atoms with van der Waals surface area (Å²) in [5.74, 6) is -0.785. The minimum absolute atomic E-state index is 0.282. The molecule has 1 aliphatic heterocycles. The summed E-state index contributed by atoms with van der Waals surface area (Å²) in [5.41, 5.74) is 0.616. The number of amides is 4. The van der Waals surface area contributed by atoms with E-state index in [4.69, 9.17) is 0 Å². The van der Waals surface area contributed by atoms with Crippen molar-refractivity contribution in [2.24, 2.45) is 0 Å². The number of carbonyl (C=O) groups is 3. The summed E-state index contributed by atoms with van der Waals surface area (Å²) in [6.07, 6.45) is 0. The Kier molecular flexibility index (Phi) is 5.00. The quantitative estimate of drug-likeness (QED) is 0.512. The zero-order valence-electron chi connectivity index (χ0n) is 13.6. The third-order valence-electron chi connectivity index (χ3n) is 3.90. The number of rotatable bonds is 6. The van der Waals surface area contributed by atoms with Crippen molar-refractivity contribution in [3.05, 3.63) is 35.4 Å². The van der Waals surface area contributed by atoms with Gasteiger partial charge >= 0.3 is 6.03 Å². The molecule has 124 valence electrons. The highest BCUT2D eigenvalue weighted by Crippen LogP contribution is 2.28. The van der Waals surface area contributed by atoms with E-state index in [2.05, 4.69) is 16.0 Å². The van der Waals surface area contributed by atoms with Crippen LogP contribution in [0.1, 0.15) is 18.1 Å². The minimum atomic E-state index is -1.14. The molecule has 3 N–H and O–H groups in total. The number of aryl methyl sites for hydroxylation is 1. The Morgan fingerprint density at radius 2 is 1.87 bits per heavy atom. The van der Waals surface area contributed by atoms with Gasteiger partial charge in [-0.15, -0.1) is 0 Å². The number of urea groups is 1. The van der Waals surface area contributed by atoms with E-state index in [0.29, 0.717) is 18.7 Å². The molecule has 1 aliphatic rings. The number of likely N-dealkylation sites (N-methyl/N-ethyl adjacent to an activating group) is 1. The third-order valence-corrected chi connectivity index (χ3v) is 3.90. The van der Waals surface area contributed by atoms with Crippen molar-refractivity contribution in [1.29, 1.82) is 0 Å². The van der Waals surface area contributed by atoms with Crippen LogP contribution < -0.4 is 16.0 Å². The second-order valence-corrected chi connectivity index (χ2v) is 5.77. The van der Waals surface area contributed by atoms with Crippen LogP contribution in [0.25, 0.3) is 0 Å². The molecule has 1 atom stereocenters. The topological polar surface area (TPSA) is 90.5 Å². The third kappa shape index (κ3) is 3.50. The summed E-state index contributed by atoms with van der Waals surface area (Å²) in [6.45, 7) is 4.37. The van der Waals surface area contributed by atoms with Crippen LogP contribution >= 0.6 is 0 Å². The molecule has 0 saturated carbocycles. The van der Waals surface area contributed by atoms with Gasteiger partial charge in [0.2, 0.25) is 5.91 Å². The van der Waals surface area contributed by atoms with Crippen molar-refractivity contribution >= 4 is 17.8 Å². The Balaban J connectivity index is 2.10. The Bertz CT molecular complexity index is 614. The maximum atomic E-state index is 12.6. The summed E-state index contributed by atoms with van der Waals surface area (Å²) < 4.78 is 0.